The number of hydrogen-bond donors (Lipinski definition) is 4. The van der Waals surface area contributed by atoms with E-state index in [1.807, 2.05) is 0 Å². The van der Waals surface area contributed by atoms with Crippen molar-refractivity contribution in [1.82, 2.24) is 5.32 Å². The zero-order valence-corrected chi connectivity index (χ0v) is 8.23. The zero-order valence-electron chi connectivity index (χ0n) is 8.23. The van der Waals surface area contributed by atoms with Gasteiger partial charge in [0.05, 0.1) is 12.6 Å². The van der Waals surface area contributed by atoms with Crippen LogP contribution in [0, 0.1) is 5.92 Å². The monoisotopic (exact) mass is 204 g/mol. The van der Waals surface area contributed by atoms with E-state index in [4.69, 9.17) is 15.9 Å². The molecule has 0 bridgehead atoms. The maximum atomic E-state index is 11.2. The number of carboxylic acid groups (broad SMARTS) is 1. The van der Waals surface area contributed by atoms with E-state index in [0.717, 1.165) is 0 Å². The number of carbonyl (C=O) groups excluding carboxylic acids is 1. The molecule has 0 heterocycles. The molecule has 1 amide bonds. The fraction of sp³-hybridized carbons (Fsp3) is 0.750. The second-order valence-corrected chi connectivity index (χ2v) is 3.37. The van der Waals surface area contributed by atoms with Crippen LogP contribution in [0.1, 0.15) is 13.8 Å². The van der Waals surface area contributed by atoms with Gasteiger partial charge in [-0.1, -0.05) is 13.8 Å². The van der Waals surface area contributed by atoms with Crippen molar-refractivity contribution in [3.05, 3.63) is 0 Å². The molecular weight excluding hydrogens is 188 g/mol. The first-order valence-electron chi connectivity index (χ1n) is 4.30. The second kappa shape index (κ2) is 5.56. The fourth-order valence-corrected chi connectivity index (χ4v) is 0.705. The summed E-state index contributed by atoms with van der Waals surface area (Å²) in [5, 5.41) is 19.4. The van der Waals surface area contributed by atoms with Crippen LogP contribution in [0.25, 0.3) is 0 Å². The number of rotatable bonds is 5. The number of carboxylic acids is 1. The summed E-state index contributed by atoms with van der Waals surface area (Å²) in [5.74, 6) is -1.86. The Hall–Kier alpha value is -1.14. The molecule has 2 atom stereocenters. The molecule has 6 nitrogen and oxygen atoms in total. The average molecular weight is 204 g/mol. The van der Waals surface area contributed by atoms with Crippen LogP contribution in [0.3, 0.4) is 0 Å². The van der Waals surface area contributed by atoms with Crippen LogP contribution in [-0.4, -0.2) is 40.8 Å². The summed E-state index contributed by atoms with van der Waals surface area (Å²) < 4.78 is 0. The molecule has 82 valence electrons. The summed E-state index contributed by atoms with van der Waals surface area (Å²) in [6, 6.07) is -0.684. The van der Waals surface area contributed by atoms with Gasteiger partial charge in [0.2, 0.25) is 5.91 Å². The number of aliphatic carboxylic acids is 1. The minimum atomic E-state index is -1.58. The van der Waals surface area contributed by atoms with Crippen molar-refractivity contribution in [2.75, 3.05) is 6.54 Å². The van der Waals surface area contributed by atoms with Crippen LogP contribution in [0.5, 0.6) is 0 Å². The number of hydrogen-bond acceptors (Lipinski definition) is 4. The molecular formula is C8H16N2O4. The van der Waals surface area contributed by atoms with E-state index >= 15 is 0 Å². The normalized spacial score (nSPS) is 14.9. The summed E-state index contributed by atoms with van der Waals surface area (Å²) in [5.41, 5.74) is 5.48. The number of aliphatic hydroxyl groups is 1. The largest absolute Gasteiger partial charge is 0.479 e. The molecule has 0 aliphatic carbocycles. The molecule has 0 saturated heterocycles. The number of nitrogens with one attached hydrogen (secondary N) is 1. The van der Waals surface area contributed by atoms with E-state index < -0.39 is 24.0 Å². The van der Waals surface area contributed by atoms with Crippen LogP contribution in [0.15, 0.2) is 0 Å². The lowest BCUT2D eigenvalue weighted by Crippen LogP contribution is -2.47. The molecule has 0 fully saturated rings. The van der Waals surface area contributed by atoms with E-state index in [9.17, 15) is 9.59 Å². The highest BCUT2D eigenvalue weighted by molar-refractivity contribution is 5.82. The highest BCUT2D eigenvalue weighted by Gasteiger charge is 2.19. The van der Waals surface area contributed by atoms with Gasteiger partial charge in [-0.15, -0.1) is 0 Å². The minimum Gasteiger partial charge on any atom is -0.479 e. The Bertz CT molecular complexity index is 217. The van der Waals surface area contributed by atoms with Crippen molar-refractivity contribution in [1.29, 1.82) is 0 Å². The van der Waals surface area contributed by atoms with Gasteiger partial charge in [0, 0.05) is 0 Å². The smallest absolute Gasteiger partial charge is 0.334 e. The summed E-state index contributed by atoms with van der Waals surface area (Å²) in [6.45, 7) is 3.23. The van der Waals surface area contributed by atoms with Crippen molar-refractivity contribution in [3.63, 3.8) is 0 Å². The van der Waals surface area contributed by atoms with Crippen molar-refractivity contribution in [3.8, 4) is 0 Å². The molecule has 0 radical (unpaired) electrons. The van der Waals surface area contributed by atoms with Gasteiger partial charge < -0.3 is 21.3 Å². The van der Waals surface area contributed by atoms with Gasteiger partial charge in [-0.05, 0) is 5.92 Å². The molecule has 6 heteroatoms. The molecule has 0 aromatic carbocycles. The second-order valence-electron chi connectivity index (χ2n) is 3.37. The first-order valence-corrected chi connectivity index (χ1v) is 4.30. The van der Waals surface area contributed by atoms with Crippen molar-refractivity contribution >= 4 is 11.9 Å². The van der Waals surface area contributed by atoms with Gasteiger partial charge in [0.1, 0.15) is 0 Å². The predicted octanol–water partition coefficient (Wildman–Crippen LogP) is -1.47. The molecule has 0 aliphatic heterocycles. The van der Waals surface area contributed by atoms with Gasteiger partial charge in [-0.2, -0.15) is 0 Å². The standard InChI is InChI=1S/C8H16N2O4/c1-4(2)6(9)7(12)10-3-5(11)8(13)14/h4-6,11H,3,9H2,1-2H3,(H,10,12)(H,13,14)/t5?,6-/m0/s1. The van der Waals surface area contributed by atoms with Crippen LogP contribution < -0.4 is 11.1 Å². The molecule has 5 N–H and O–H groups in total. The lowest BCUT2D eigenvalue weighted by Gasteiger charge is -2.15. The Kier molecular flexibility index (Phi) is 5.11. The summed E-state index contributed by atoms with van der Waals surface area (Å²) in [7, 11) is 0. The Morgan fingerprint density at radius 1 is 1.43 bits per heavy atom. The molecule has 0 spiro atoms. The maximum Gasteiger partial charge on any atom is 0.334 e. The first-order chi connectivity index (χ1) is 6.36. The maximum absolute atomic E-state index is 11.2. The third-order valence-electron chi connectivity index (χ3n) is 1.78. The minimum absolute atomic E-state index is 0.0306. The number of amides is 1. The predicted molar refractivity (Wildman–Crippen MR) is 49.5 cm³/mol. The van der Waals surface area contributed by atoms with Gasteiger partial charge in [0.25, 0.3) is 0 Å². The highest BCUT2D eigenvalue weighted by atomic mass is 16.4. The topological polar surface area (TPSA) is 113 Å². The summed E-state index contributed by atoms with van der Waals surface area (Å²) >= 11 is 0. The molecule has 0 aromatic rings. The molecule has 0 aromatic heterocycles. The van der Waals surface area contributed by atoms with Crippen LogP contribution in [0.2, 0.25) is 0 Å². The van der Waals surface area contributed by atoms with Crippen molar-refractivity contribution in [2.24, 2.45) is 11.7 Å². The fourth-order valence-electron chi connectivity index (χ4n) is 0.705. The van der Waals surface area contributed by atoms with E-state index in [-0.39, 0.29) is 12.5 Å². The third kappa shape index (κ3) is 4.20. The molecule has 0 aliphatic rings. The van der Waals surface area contributed by atoms with Gasteiger partial charge >= 0.3 is 5.97 Å². The number of carbonyl (C=O) groups is 2. The molecule has 14 heavy (non-hydrogen) atoms. The van der Waals surface area contributed by atoms with Crippen LogP contribution >= 0.6 is 0 Å². The van der Waals surface area contributed by atoms with Crippen LogP contribution in [-0.2, 0) is 9.59 Å². The van der Waals surface area contributed by atoms with E-state index in [0.29, 0.717) is 0 Å². The first kappa shape index (κ1) is 12.9. The van der Waals surface area contributed by atoms with E-state index in [2.05, 4.69) is 5.32 Å². The molecule has 0 saturated carbocycles. The Morgan fingerprint density at radius 2 is 1.93 bits per heavy atom. The van der Waals surface area contributed by atoms with Crippen LogP contribution in [0.4, 0.5) is 0 Å². The van der Waals surface area contributed by atoms with E-state index in [1.54, 1.807) is 13.8 Å². The zero-order chi connectivity index (χ0) is 11.3. The SMILES string of the molecule is CC(C)[C@H](N)C(=O)NCC(O)C(=O)O. The highest BCUT2D eigenvalue weighted by Crippen LogP contribution is 1.97. The Morgan fingerprint density at radius 3 is 2.29 bits per heavy atom. The third-order valence-corrected chi connectivity index (χ3v) is 1.78. The summed E-state index contributed by atoms with van der Waals surface area (Å²) in [6.07, 6.45) is -1.58. The van der Waals surface area contributed by atoms with Gasteiger partial charge in [-0.25, -0.2) is 4.79 Å². The molecule has 1 unspecified atom stereocenters. The quantitative estimate of drug-likeness (QED) is 0.437. The Labute approximate surface area is 82.1 Å². The lowest BCUT2D eigenvalue weighted by molar-refractivity contribution is -0.146. The van der Waals surface area contributed by atoms with Gasteiger partial charge in [-0.3, -0.25) is 4.79 Å². The summed E-state index contributed by atoms with van der Waals surface area (Å²) in [4.78, 5) is 21.4. The number of nitrogens with two attached hydrogens (primary N) is 1. The lowest BCUT2D eigenvalue weighted by atomic mass is 10.1. The van der Waals surface area contributed by atoms with E-state index in [1.165, 1.54) is 0 Å². The number of aliphatic hydroxyl groups excluding tert-OH is 1. The average Bonchev–Trinajstić information content (AvgIpc) is 2.11. The Balaban J connectivity index is 3.91. The molecule has 0 rings (SSSR count). The van der Waals surface area contributed by atoms with Crippen molar-refractivity contribution in [2.45, 2.75) is 26.0 Å². The van der Waals surface area contributed by atoms with Gasteiger partial charge in [0.15, 0.2) is 6.10 Å². The van der Waals surface area contributed by atoms with Crippen molar-refractivity contribution < 1.29 is 19.8 Å².